The molecule has 3 rings (SSSR count). The molecule has 3 fully saturated rings. The molecule has 2 heterocycles. The summed E-state index contributed by atoms with van der Waals surface area (Å²) in [5.74, 6) is 0. The second-order valence-corrected chi connectivity index (χ2v) is 8.99. The van der Waals surface area contributed by atoms with Crippen LogP contribution >= 0.6 is 0 Å². The first-order valence-electron chi connectivity index (χ1n) is 11.3. The van der Waals surface area contributed by atoms with Crippen LogP contribution in [0.4, 0.5) is 0 Å². The van der Waals surface area contributed by atoms with Gasteiger partial charge in [0.25, 0.3) is 0 Å². The van der Waals surface area contributed by atoms with Gasteiger partial charge in [0.05, 0.1) is 30.9 Å². The van der Waals surface area contributed by atoms with Crippen molar-refractivity contribution in [3.05, 3.63) is 0 Å². The third-order valence-electron chi connectivity index (χ3n) is 6.58. The molecule has 12 unspecified atom stereocenters. The van der Waals surface area contributed by atoms with Gasteiger partial charge in [0, 0.05) is 12.1 Å². The molecule has 182 valence electrons. The van der Waals surface area contributed by atoms with Gasteiger partial charge in [-0.2, -0.15) is 0 Å². The van der Waals surface area contributed by atoms with Gasteiger partial charge < -0.3 is 56.8 Å². The normalized spacial score (nSPS) is 49.2. The molecule has 0 spiro atoms. The van der Waals surface area contributed by atoms with Crippen LogP contribution in [0.1, 0.15) is 39.0 Å². The van der Waals surface area contributed by atoms with E-state index in [2.05, 4.69) is 12.2 Å². The van der Waals surface area contributed by atoms with Gasteiger partial charge in [-0.1, -0.05) is 13.3 Å². The van der Waals surface area contributed by atoms with Crippen molar-refractivity contribution in [2.45, 2.75) is 112 Å². The van der Waals surface area contributed by atoms with Crippen molar-refractivity contribution in [1.29, 1.82) is 0 Å². The molecule has 2 aliphatic heterocycles. The van der Waals surface area contributed by atoms with E-state index in [1.54, 1.807) is 7.05 Å². The Hall–Kier alpha value is -0.440. The highest BCUT2D eigenvalue weighted by molar-refractivity contribution is 5.00. The first-order chi connectivity index (χ1) is 14.8. The zero-order valence-electron chi connectivity index (χ0n) is 18.4. The van der Waals surface area contributed by atoms with Crippen LogP contribution in [0.3, 0.4) is 0 Å². The van der Waals surface area contributed by atoms with Crippen molar-refractivity contribution in [3.8, 4) is 0 Å². The summed E-state index contributed by atoms with van der Waals surface area (Å²) < 4.78 is 23.5. The maximum Gasteiger partial charge on any atom is 0.185 e. The third kappa shape index (κ3) is 5.74. The topological polar surface area (TPSA) is 188 Å². The van der Waals surface area contributed by atoms with E-state index in [1.807, 2.05) is 0 Å². The highest BCUT2D eigenvalue weighted by Crippen LogP contribution is 2.30. The number of aliphatic hydroxyl groups excluding tert-OH is 3. The van der Waals surface area contributed by atoms with E-state index in [9.17, 15) is 15.3 Å². The summed E-state index contributed by atoms with van der Waals surface area (Å²) >= 11 is 0. The minimum atomic E-state index is -1.17. The highest BCUT2D eigenvalue weighted by Gasteiger charge is 2.48. The molecular weight excluding hydrogens is 408 g/mol. The molecule has 0 bridgehead atoms. The summed E-state index contributed by atoms with van der Waals surface area (Å²) in [5.41, 5.74) is 18.7. The Morgan fingerprint density at radius 2 is 1.58 bits per heavy atom. The van der Waals surface area contributed by atoms with Crippen LogP contribution in [0.2, 0.25) is 0 Å². The Morgan fingerprint density at radius 1 is 0.935 bits per heavy atom. The lowest BCUT2D eigenvalue weighted by Gasteiger charge is -2.47. The molecule has 0 amide bonds. The highest BCUT2D eigenvalue weighted by atomic mass is 16.7. The lowest BCUT2D eigenvalue weighted by molar-refractivity contribution is -0.297. The Kier molecular flexibility index (Phi) is 9.04. The van der Waals surface area contributed by atoms with Crippen molar-refractivity contribution in [1.82, 2.24) is 5.32 Å². The van der Waals surface area contributed by atoms with E-state index in [-0.39, 0.29) is 18.8 Å². The van der Waals surface area contributed by atoms with Crippen molar-refractivity contribution >= 4 is 0 Å². The molecule has 0 radical (unpaired) electrons. The summed E-state index contributed by atoms with van der Waals surface area (Å²) in [6.07, 6.45) is -2.66. The minimum Gasteiger partial charge on any atom is -0.389 e. The first-order valence-corrected chi connectivity index (χ1v) is 11.3. The predicted molar refractivity (Wildman–Crippen MR) is 112 cm³/mol. The zero-order chi connectivity index (χ0) is 22.7. The molecule has 2 saturated heterocycles. The average Bonchev–Trinajstić information content (AvgIpc) is 2.72. The average molecular weight is 449 g/mol. The molecule has 0 aromatic rings. The molecule has 12 atom stereocenters. The molecular formula is C20H40N4O7. The standard InChI is InChI=1S/C20H40N4O7/c1-3-4-9-5-6-10(21)19(29-9)30-17-11(22)7-12(23)18(16(17)27)31-20-15(26)14(24-2)13(25)8-28-20/h9-20,24-27H,3-8,21-23H2,1-2H3. The van der Waals surface area contributed by atoms with Crippen LogP contribution in [-0.4, -0.2) is 102 Å². The van der Waals surface area contributed by atoms with Gasteiger partial charge in [-0.3, -0.25) is 0 Å². The molecule has 11 heteroatoms. The maximum atomic E-state index is 11.0. The van der Waals surface area contributed by atoms with Crippen molar-refractivity contribution in [2.24, 2.45) is 17.2 Å². The maximum absolute atomic E-state index is 11.0. The summed E-state index contributed by atoms with van der Waals surface area (Å²) in [4.78, 5) is 0. The summed E-state index contributed by atoms with van der Waals surface area (Å²) in [7, 11) is 1.63. The molecule has 1 aliphatic carbocycles. The van der Waals surface area contributed by atoms with Crippen LogP contribution in [-0.2, 0) is 18.9 Å². The number of nitrogens with one attached hydrogen (secondary N) is 1. The fourth-order valence-corrected chi connectivity index (χ4v) is 4.76. The lowest BCUT2D eigenvalue weighted by Crippen LogP contribution is -2.67. The first kappa shape index (κ1) is 25.2. The van der Waals surface area contributed by atoms with E-state index in [4.69, 9.17) is 36.1 Å². The van der Waals surface area contributed by atoms with Crippen molar-refractivity contribution in [2.75, 3.05) is 13.7 Å². The number of hydrogen-bond donors (Lipinski definition) is 7. The Balaban J connectivity index is 1.66. The van der Waals surface area contributed by atoms with Crippen LogP contribution in [0.15, 0.2) is 0 Å². The fourth-order valence-electron chi connectivity index (χ4n) is 4.76. The van der Waals surface area contributed by atoms with Gasteiger partial charge in [0.2, 0.25) is 0 Å². The number of likely N-dealkylation sites (N-methyl/N-ethyl adjacent to an activating group) is 1. The van der Waals surface area contributed by atoms with Crippen LogP contribution in [0.5, 0.6) is 0 Å². The monoisotopic (exact) mass is 448 g/mol. The largest absolute Gasteiger partial charge is 0.389 e. The van der Waals surface area contributed by atoms with Crippen molar-refractivity contribution < 1.29 is 34.3 Å². The Labute approximate surface area is 183 Å². The third-order valence-corrected chi connectivity index (χ3v) is 6.58. The predicted octanol–water partition coefficient (Wildman–Crippen LogP) is -2.53. The molecule has 11 nitrogen and oxygen atoms in total. The second-order valence-electron chi connectivity index (χ2n) is 8.99. The van der Waals surface area contributed by atoms with Gasteiger partial charge in [-0.25, -0.2) is 0 Å². The molecule has 0 aromatic heterocycles. The van der Waals surface area contributed by atoms with E-state index < -0.39 is 61.2 Å². The van der Waals surface area contributed by atoms with Crippen LogP contribution < -0.4 is 22.5 Å². The van der Waals surface area contributed by atoms with E-state index >= 15 is 0 Å². The number of hydrogen-bond acceptors (Lipinski definition) is 11. The number of ether oxygens (including phenoxy) is 4. The van der Waals surface area contributed by atoms with Crippen LogP contribution in [0, 0.1) is 0 Å². The van der Waals surface area contributed by atoms with E-state index in [1.165, 1.54) is 0 Å². The van der Waals surface area contributed by atoms with Gasteiger partial charge in [0.15, 0.2) is 12.6 Å². The molecule has 10 N–H and O–H groups in total. The van der Waals surface area contributed by atoms with E-state index in [0.717, 1.165) is 25.7 Å². The van der Waals surface area contributed by atoms with Crippen molar-refractivity contribution in [3.63, 3.8) is 0 Å². The van der Waals surface area contributed by atoms with Gasteiger partial charge in [-0.05, 0) is 32.7 Å². The Morgan fingerprint density at radius 3 is 2.19 bits per heavy atom. The molecule has 1 saturated carbocycles. The number of aliphatic hydroxyl groups is 3. The van der Waals surface area contributed by atoms with Gasteiger partial charge in [-0.15, -0.1) is 0 Å². The number of nitrogens with two attached hydrogens (primary N) is 3. The quantitative estimate of drug-likeness (QED) is 0.218. The fraction of sp³-hybridized carbons (Fsp3) is 1.00. The number of rotatable bonds is 7. The van der Waals surface area contributed by atoms with Gasteiger partial charge in [0.1, 0.15) is 24.4 Å². The molecule has 3 aliphatic rings. The Bertz CT molecular complexity index is 562. The van der Waals surface area contributed by atoms with E-state index in [0.29, 0.717) is 6.42 Å². The zero-order valence-corrected chi connectivity index (χ0v) is 18.4. The summed E-state index contributed by atoms with van der Waals surface area (Å²) in [6.45, 7) is 2.07. The minimum absolute atomic E-state index is 0.0195. The SMILES string of the molecule is CCCC1CCC(N)C(OC2C(N)CC(N)C(OC3OCC(O)C(NC)C3O)C2O)O1. The smallest absolute Gasteiger partial charge is 0.185 e. The lowest BCUT2D eigenvalue weighted by atomic mass is 9.84. The summed E-state index contributed by atoms with van der Waals surface area (Å²) in [5, 5.41) is 34.4. The molecule has 31 heavy (non-hydrogen) atoms. The van der Waals surface area contributed by atoms with Crippen LogP contribution in [0.25, 0.3) is 0 Å². The molecule has 0 aromatic carbocycles. The second kappa shape index (κ2) is 11.1. The summed E-state index contributed by atoms with van der Waals surface area (Å²) in [6, 6.07) is -2.07. The van der Waals surface area contributed by atoms with Gasteiger partial charge >= 0.3 is 0 Å².